The van der Waals surface area contributed by atoms with Gasteiger partial charge in [0.2, 0.25) is 0 Å². The van der Waals surface area contributed by atoms with Gasteiger partial charge in [-0.15, -0.1) is 11.3 Å². The van der Waals surface area contributed by atoms with E-state index in [2.05, 4.69) is 10.9 Å². The smallest absolute Gasteiger partial charge is 0.279 e. The summed E-state index contributed by atoms with van der Waals surface area (Å²) < 4.78 is 18.2. The second-order valence-corrected chi connectivity index (χ2v) is 6.20. The molecule has 1 aliphatic rings. The fraction of sp³-hybridized carbons (Fsp3) is 0.250. The first-order chi connectivity index (χ1) is 11.1. The molecule has 7 heteroatoms. The second kappa shape index (κ2) is 6.89. The molecule has 1 aromatic heterocycles. The van der Waals surface area contributed by atoms with Crippen LogP contribution in [-0.4, -0.2) is 24.5 Å². The molecule has 2 heterocycles. The lowest BCUT2D eigenvalue weighted by molar-refractivity contribution is -0.130. The summed E-state index contributed by atoms with van der Waals surface area (Å²) in [5, 5.41) is 0. The van der Waals surface area contributed by atoms with E-state index in [0.29, 0.717) is 17.9 Å². The van der Waals surface area contributed by atoms with E-state index in [-0.39, 0.29) is 11.7 Å². The van der Waals surface area contributed by atoms with Gasteiger partial charge in [-0.3, -0.25) is 20.4 Å². The van der Waals surface area contributed by atoms with Gasteiger partial charge in [-0.2, -0.15) is 0 Å². The van der Waals surface area contributed by atoms with Gasteiger partial charge in [0.25, 0.3) is 11.8 Å². The van der Waals surface area contributed by atoms with Gasteiger partial charge in [-0.05, 0) is 42.7 Å². The maximum absolute atomic E-state index is 12.9. The Morgan fingerprint density at radius 2 is 1.91 bits per heavy atom. The van der Waals surface area contributed by atoms with E-state index in [1.165, 1.54) is 23.5 Å². The summed E-state index contributed by atoms with van der Waals surface area (Å²) in [6.45, 7) is 0.567. The topological polar surface area (TPSA) is 67.4 Å². The number of hydrogen-bond donors (Lipinski definition) is 2. The molecule has 1 aromatic carbocycles. The standard InChI is InChI=1S/C16H15FN2O3S/c17-11-5-3-10(4-6-11)13-7-8-14(23-13)16(21)19-18-15(20)12-2-1-9-22-12/h3-8,12H,1-2,9H2,(H,18,20)(H,19,21)/t12-/m0/s1. The minimum absolute atomic E-state index is 0.305. The lowest BCUT2D eigenvalue weighted by Crippen LogP contribution is -2.46. The molecule has 0 aliphatic carbocycles. The molecule has 120 valence electrons. The van der Waals surface area contributed by atoms with Crippen molar-refractivity contribution < 1.29 is 18.7 Å². The summed E-state index contributed by atoms with van der Waals surface area (Å²) in [4.78, 5) is 25.1. The molecule has 23 heavy (non-hydrogen) atoms. The first-order valence-corrected chi connectivity index (χ1v) is 8.03. The van der Waals surface area contributed by atoms with Gasteiger partial charge in [0.15, 0.2) is 0 Å². The predicted octanol–water partition coefficient (Wildman–Crippen LogP) is 2.49. The SMILES string of the molecule is O=C(NNC(=O)[C@@H]1CCCO1)c1ccc(-c2ccc(F)cc2)s1. The Bertz CT molecular complexity index is 708. The zero-order valence-corrected chi connectivity index (χ0v) is 13.0. The summed E-state index contributed by atoms with van der Waals surface area (Å²) in [6.07, 6.45) is 1.02. The van der Waals surface area contributed by atoms with Crippen LogP contribution in [0.25, 0.3) is 10.4 Å². The van der Waals surface area contributed by atoms with Crippen molar-refractivity contribution in [3.05, 3.63) is 47.1 Å². The van der Waals surface area contributed by atoms with Gasteiger partial charge in [-0.1, -0.05) is 12.1 Å². The number of hydrazine groups is 1. The Balaban J connectivity index is 1.59. The van der Waals surface area contributed by atoms with E-state index in [9.17, 15) is 14.0 Å². The van der Waals surface area contributed by atoms with Crippen molar-refractivity contribution in [3.8, 4) is 10.4 Å². The highest BCUT2D eigenvalue weighted by atomic mass is 32.1. The van der Waals surface area contributed by atoms with Gasteiger partial charge < -0.3 is 4.74 Å². The third-order valence-electron chi connectivity index (χ3n) is 3.48. The monoisotopic (exact) mass is 334 g/mol. The van der Waals surface area contributed by atoms with Crippen LogP contribution in [0.1, 0.15) is 22.5 Å². The van der Waals surface area contributed by atoms with Gasteiger partial charge in [0.1, 0.15) is 11.9 Å². The highest BCUT2D eigenvalue weighted by Gasteiger charge is 2.24. The number of halogens is 1. The van der Waals surface area contributed by atoms with Crippen molar-refractivity contribution in [1.29, 1.82) is 0 Å². The first-order valence-electron chi connectivity index (χ1n) is 7.21. The third-order valence-corrected chi connectivity index (χ3v) is 4.61. The zero-order valence-electron chi connectivity index (χ0n) is 12.2. The molecule has 1 atom stereocenters. The summed E-state index contributed by atoms with van der Waals surface area (Å²) in [6, 6.07) is 9.50. The van der Waals surface area contributed by atoms with E-state index in [1.54, 1.807) is 24.3 Å². The summed E-state index contributed by atoms with van der Waals surface area (Å²) in [7, 11) is 0. The summed E-state index contributed by atoms with van der Waals surface area (Å²) in [5.74, 6) is -1.04. The highest BCUT2D eigenvalue weighted by Crippen LogP contribution is 2.28. The number of carbonyl (C=O) groups is 2. The molecule has 2 aromatic rings. The normalized spacial score (nSPS) is 17.0. The molecule has 2 amide bonds. The van der Waals surface area contributed by atoms with E-state index in [4.69, 9.17) is 4.74 Å². The minimum Gasteiger partial charge on any atom is -0.368 e. The van der Waals surface area contributed by atoms with Crippen LogP contribution in [0.3, 0.4) is 0 Å². The molecule has 0 radical (unpaired) electrons. The Kier molecular flexibility index (Phi) is 4.68. The molecule has 2 N–H and O–H groups in total. The van der Waals surface area contributed by atoms with Crippen LogP contribution in [-0.2, 0) is 9.53 Å². The summed E-state index contributed by atoms with van der Waals surface area (Å²) in [5.41, 5.74) is 5.59. The molecule has 3 rings (SSSR count). The average Bonchev–Trinajstić information content (AvgIpc) is 3.24. The van der Waals surface area contributed by atoms with Crippen molar-refractivity contribution in [2.24, 2.45) is 0 Å². The molecule has 5 nitrogen and oxygen atoms in total. The Morgan fingerprint density at radius 1 is 1.13 bits per heavy atom. The molecule has 1 saturated heterocycles. The van der Waals surface area contributed by atoms with E-state index >= 15 is 0 Å². The molecular formula is C16H15FN2O3S. The van der Waals surface area contributed by atoms with Crippen molar-refractivity contribution in [2.45, 2.75) is 18.9 Å². The third kappa shape index (κ3) is 3.75. The lowest BCUT2D eigenvalue weighted by Gasteiger charge is -2.10. The number of amides is 2. The fourth-order valence-electron chi connectivity index (χ4n) is 2.27. The number of hydrogen-bond acceptors (Lipinski definition) is 4. The van der Waals surface area contributed by atoms with E-state index in [1.807, 2.05) is 0 Å². The minimum atomic E-state index is -0.492. The molecule has 1 aliphatic heterocycles. The average molecular weight is 334 g/mol. The molecule has 0 spiro atoms. The molecule has 0 unspecified atom stereocenters. The highest BCUT2D eigenvalue weighted by molar-refractivity contribution is 7.17. The number of ether oxygens (including phenoxy) is 1. The number of thiophene rings is 1. The van der Waals surface area contributed by atoms with Crippen LogP contribution in [0.5, 0.6) is 0 Å². The van der Waals surface area contributed by atoms with Gasteiger partial charge in [-0.25, -0.2) is 4.39 Å². The zero-order chi connectivity index (χ0) is 16.2. The quantitative estimate of drug-likeness (QED) is 0.848. The van der Waals surface area contributed by atoms with Crippen LogP contribution >= 0.6 is 11.3 Å². The van der Waals surface area contributed by atoms with Crippen molar-refractivity contribution in [2.75, 3.05) is 6.61 Å². The molecule has 0 saturated carbocycles. The second-order valence-electron chi connectivity index (χ2n) is 5.12. The van der Waals surface area contributed by atoms with Crippen LogP contribution in [0, 0.1) is 5.82 Å². The first kappa shape index (κ1) is 15.6. The number of nitrogens with one attached hydrogen (secondary N) is 2. The Hall–Kier alpha value is -2.25. The number of benzene rings is 1. The van der Waals surface area contributed by atoms with Crippen molar-refractivity contribution in [1.82, 2.24) is 10.9 Å². The van der Waals surface area contributed by atoms with Gasteiger partial charge in [0, 0.05) is 11.5 Å². The van der Waals surface area contributed by atoms with E-state index in [0.717, 1.165) is 16.9 Å². The number of carbonyl (C=O) groups excluding carboxylic acids is 2. The fourth-order valence-corrected chi connectivity index (χ4v) is 3.18. The Morgan fingerprint density at radius 3 is 2.61 bits per heavy atom. The van der Waals surface area contributed by atoms with Crippen molar-refractivity contribution >= 4 is 23.2 Å². The summed E-state index contributed by atoms with van der Waals surface area (Å²) >= 11 is 1.27. The van der Waals surface area contributed by atoms with Crippen LogP contribution in [0.2, 0.25) is 0 Å². The number of rotatable bonds is 3. The molecular weight excluding hydrogens is 319 g/mol. The predicted molar refractivity (Wildman–Crippen MR) is 84.3 cm³/mol. The maximum atomic E-state index is 12.9. The molecule has 0 bridgehead atoms. The Labute approximate surface area is 136 Å². The largest absolute Gasteiger partial charge is 0.368 e. The van der Waals surface area contributed by atoms with Crippen LogP contribution in [0.4, 0.5) is 4.39 Å². The maximum Gasteiger partial charge on any atom is 0.279 e. The van der Waals surface area contributed by atoms with Crippen LogP contribution < -0.4 is 10.9 Å². The van der Waals surface area contributed by atoms with E-state index < -0.39 is 12.0 Å². The molecule has 1 fully saturated rings. The lowest BCUT2D eigenvalue weighted by atomic mass is 10.2. The van der Waals surface area contributed by atoms with Crippen molar-refractivity contribution in [3.63, 3.8) is 0 Å². The van der Waals surface area contributed by atoms with Gasteiger partial charge in [0.05, 0.1) is 4.88 Å². The van der Waals surface area contributed by atoms with Gasteiger partial charge >= 0.3 is 0 Å². The van der Waals surface area contributed by atoms with Crippen LogP contribution in [0.15, 0.2) is 36.4 Å².